The van der Waals surface area contributed by atoms with Crippen molar-refractivity contribution in [3.63, 3.8) is 0 Å². The number of hydrogen-bond donors (Lipinski definition) is 2. The molecule has 110 valence electrons. The lowest BCUT2D eigenvalue weighted by Gasteiger charge is -2.20. The van der Waals surface area contributed by atoms with Gasteiger partial charge in [-0.2, -0.15) is 0 Å². The summed E-state index contributed by atoms with van der Waals surface area (Å²) in [6, 6.07) is 0.335. The largest absolute Gasteiger partial charge is 0.477 e. The van der Waals surface area contributed by atoms with E-state index in [1.165, 1.54) is 57.8 Å². The van der Waals surface area contributed by atoms with E-state index in [-0.39, 0.29) is 0 Å². The molecule has 19 heavy (non-hydrogen) atoms. The van der Waals surface area contributed by atoms with Crippen molar-refractivity contribution in [3.8, 4) is 0 Å². The lowest BCUT2D eigenvalue weighted by molar-refractivity contribution is -0.133. The number of allylic oxidation sites excluding steroid dienone is 1. The fourth-order valence-corrected chi connectivity index (χ4v) is 2.80. The Labute approximate surface area is 117 Å². The predicted octanol–water partition coefficient (Wildman–Crippen LogP) is 4.24. The fourth-order valence-electron chi connectivity index (χ4n) is 2.80. The molecular formula is C16H29NO2. The molecule has 0 radical (unpaired) electrons. The molecule has 0 saturated heterocycles. The average molecular weight is 267 g/mol. The van der Waals surface area contributed by atoms with Crippen LogP contribution in [0, 0.1) is 0 Å². The van der Waals surface area contributed by atoms with E-state index in [2.05, 4.69) is 5.32 Å². The van der Waals surface area contributed by atoms with Gasteiger partial charge in [-0.1, -0.05) is 63.9 Å². The Kier molecular flexibility index (Phi) is 8.35. The highest BCUT2D eigenvalue weighted by atomic mass is 16.4. The maximum Gasteiger partial charge on any atom is 0.351 e. The van der Waals surface area contributed by atoms with Gasteiger partial charge >= 0.3 is 5.97 Å². The molecular weight excluding hydrogens is 238 g/mol. The van der Waals surface area contributed by atoms with Gasteiger partial charge in [0.2, 0.25) is 0 Å². The van der Waals surface area contributed by atoms with Crippen molar-refractivity contribution in [2.75, 3.05) is 0 Å². The number of nitrogens with one attached hydrogen (secondary N) is 1. The number of rotatable bonds is 3. The summed E-state index contributed by atoms with van der Waals surface area (Å²) in [4.78, 5) is 11.1. The van der Waals surface area contributed by atoms with Crippen molar-refractivity contribution in [1.82, 2.24) is 5.32 Å². The lowest BCUT2D eigenvalue weighted by atomic mass is 9.98. The SMILES string of the molecule is C/C=C(\NC1CCCCCCCCCCC1)C(=O)O. The molecule has 3 nitrogen and oxygen atoms in total. The van der Waals surface area contributed by atoms with Crippen LogP contribution in [0.1, 0.15) is 77.6 Å². The van der Waals surface area contributed by atoms with Gasteiger partial charge in [0.05, 0.1) is 0 Å². The van der Waals surface area contributed by atoms with Gasteiger partial charge in [0.1, 0.15) is 5.70 Å². The van der Waals surface area contributed by atoms with E-state index >= 15 is 0 Å². The molecule has 3 heteroatoms. The Bertz CT molecular complexity index is 274. The number of hydrogen-bond acceptors (Lipinski definition) is 2. The third kappa shape index (κ3) is 7.24. The smallest absolute Gasteiger partial charge is 0.351 e. The lowest BCUT2D eigenvalue weighted by Crippen LogP contribution is -2.31. The first kappa shape index (κ1) is 16.1. The van der Waals surface area contributed by atoms with Crippen LogP contribution in [-0.2, 0) is 4.79 Å². The summed E-state index contributed by atoms with van der Waals surface area (Å²) in [6.45, 7) is 1.78. The van der Waals surface area contributed by atoms with Crippen LogP contribution in [0.5, 0.6) is 0 Å². The van der Waals surface area contributed by atoms with E-state index in [1.54, 1.807) is 13.0 Å². The summed E-state index contributed by atoms with van der Waals surface area (Å²) in [5, 5.41) is 12.3. The first-order valence-corrected chi connectivity index (χ1v) is 7.90. The monoisotopic (exact) mass is 267 g/mol. The quantitative estimate of drug-likeness (QED) is 0.752. The Morgan fingerprint density at radius 2 is 1.37 bits per heavy atom. The highest BCUT2D eigenvalue weighted by Gasteiger charge is 2.13. The van der Waals surface area contributed by atoms with Crippen LogP contribution in [0.2, 0.25) is 0 Å². The highest BCUT2D eigenvalue weighted by Crippen LogP contribution is 2.17. The van der Waals surface area contributed by atoms with E-state index in [4.69, 9.17) is 5.11 Å². The first-order chi connectivity index (χ1) is 9.24. The molecule has 0 unspecified atom stereocenters. The number of aliphatic carboxylic acids is 1. The molecule has 1 rings (SSSR count). The van der Waals surface area contributed by atoms with Gasteiger partial charge in [-0.15, -0.1) is 0 Å². The zero-order valence-electron chi connectivity index (χ0n) is 12.3. The molecule has 1 saturated carbocycles. The van der Waals surface area contributed by atoms with Crippen molar-refractivity contribution in [2.45, 2.75) is 83.6 Å². The predicted molar refractivity (Wildman–Crippen MR) is 79.1 cm³/mol. The minimum Gasteiger partial charge on any atom is -0.477 e. The Hall–Kier alpha value is -0.990. The standard InChI is InChI=1S/C16H29NO2/c1-2-15(16(18)19)17-14-12-10-8-6-4-3-5-7-9-11-13-14/h2,14,17H,3-13H2,1H3,(H,18,19)/b15-2-. The van der Waals surface area contributed by atoms with Gasteiger partial charge in [0.25, 0.3) is 0 Å². The van der Waals surface area contributed by atoms with Crippen molar-refractivity contribution in [1.29, 1.82) is 0 Å². The topological polar surface area (TPSA) is 49.3 Å². The van der Waals surface area contributed by atoms with Gasteiger partial charge in [-0.05, 0) is 19.8 Å². The number of carbonyl (C=O) groups is 1. The van der Waals surface area contributed by atoms with Crippen LogP contribution in [0.4, 0.5) is 0 Å². The molecule has 0 aromatic carbocycles. The molecule has 2 N–H and O–H groups in total. The summed E-state index contributed by atoms with van der Waals surface area (Å²) in [6.07, 6.45) is 15.7. The van der Waals surface area contributed by atoms with E-state index in [0.717, 1.165) is 12.8 Å². The summed E-state index contributed by atoms with van der Waals surface area (Å²) < 4.78 is 0. The van der Waals surface area contributed by atoms with Crippen LogP contribution in [0.3, 0.4) is 0 Å². The number of carboxylic acids is 1. The highest BCUT2D eigenvalue weighted by molar-refractivity contribution is 5.85. The zero-order valence-corrected chi connectivity index (χ0v) is 12.3. The molecule has 1 fully saturated rings. The zero-order chi connectivity index (χ0) is 13.9. The van der Waals surface area contributed by atoms with Crippen LogP contribution in [-0.4, -0.2) is 17.1 Å². The molecule has 0 heterocycles. The second-order valence-corrected chi connectivity index (χ2v) is 5.61. The van der Waals surface area contributed by atoms with Gasteiger partial charge < -0.3 is 10.4 Å². The summed E-state index contributed by atoms with van der Waals surface area (Å²) in [5.74, 6) is -0.839. The van der Waals surface area contributed by atoms with Crippen molar-refractivity contribution < 1.29 is 9.90 Å². The van der Waals surface area contributed by atoms with E-state index in [1.807, 2.05) is 0 Å². The molecule has 0 spiro atoms. The molecule has 0 aliphatic heterocycles. The van der Waals surface area contributed by atoms with Crippen molar-refractivity contribution >= 4 is 5.97 Å². The van der Waals surface area contributed by atoms with Gasteiger partial charge in [0, 0.05) is 6.04 Å². The van der Waals surface area contributed by atoms with Crippen molar-refractivity contribution in [3.05, 3.63) is 11.8 Å². The molecule has 0 amide bonds. The van der Waals surface area contributed by atoms with Gasteiger partial charge in [-0.25, -0.2) is 4.79 Å². The number of carboxylic acid groups (broad SMARTS) is 1. The third-order valence-electron chi connectivity index (χ3n) is 3.98. The minimum atomic E-state index is -0.839. The van der Waals surface area contributed by atoms with E-state index < -0.39 is 5.97 Å². The summed E-state index contributed by atoms with van der Waals surface area (Å²) in [7, 11) is 0. The second kappa shape index (κ2) is 9.88. The third-order valence-corrected chi connectivity index (χ3v) is 3.98. The normalized spacial score (nSPS) is 21.2. The van der Waals surface area contributed by atoms with Crippen LogP contribution < -0.4 is 5.32 Å². The molecule has 1 aliphatic carbocycles. The molecule has 0 aromatic heterocycles. The van der Waals surface area contributed by atoms with Crippen molar-refractivity contribution in [2.24, 2.45) is 0 Å². The van der Waals surface area contributed by atoms with E-state index in [0.29, 0.717) is 11.7 Å². The molecule has 1 aliphatic rings. The summed E-state index contributed by atoms with van der Waals surface area (Å²) >= 11 is 0. The van der Waals surface area contributed by atoms with Crippen LogP contribution in [0.15, 0.2) is 11.8 Å². The summed E-state index contributed by atoms with van der Waals surface area (Å²) in [5.41, 5.74) is 0.358. The van der Waals surface area contributed by atoms with E-state index in [9.17, 15) is 4.79 Å². The minimum absolute atomic E-state index is 0.335. The molecule has 0 aromatic rings. The maximum atomic E-state index is 11.1. The molecule has 0 atom stereocenters. The molecule has 0 bridgehead atoms. The fraction of sp³-hybridized carbons (Fsp3) is 0.812. The Balaban J connectivity index is 2.44. The average Bonchev–Trinajstić information content (AvgIpc) is 2.37. The maximum absolute atomic E-state index is 11.1. The Morgan fingerprint density at radius 1 is 0.947 bits per heavy atom. The second-order valence-electron chi connectivity index (χ2n) is 5.61. The van der Waals surface area contributed by atoms with Gasteiger partial charge in [-0.3, -0.25) is 0 Å². The van der Waals surface area contributed by atoms with Gasteiger partial charge in [0.15, 0.2) is 0 Å². The van der Waals surface area contributed by atoms with Crippen LogP contribution in [0.25, 0.3) is 0 Å². The van der Waals surface area contributed by atoms with Crippen LogP contribution >= 0.6 is 0 Å². The Morgan fingerprint density at radius 3 is 1.74 bits per heavy atom. The first-order valence-electron chi connectivity index (χ1n) is 7.90.